The first kappa shape index (κ1) is 20.1. The Morgan fingerprint density at radius 1 is 1.20 bits per heavy atom. The van der Waals surface area contributed by atoms with Crippen LogP contribution in [0.3, 0.4) is 0 Å². The van der Waals surface area contributed by atoms with E-state index in [4.69, 9.17) is 23.2 Å². The molecule has 0 spiro atoms. The van der Waals surface area contributed by atoms with Gasteiger partial charge in [-0.05, 0) is 42.2 Å². The minimum atomic E-state index is -0.0542. The van der Waals surface area contributed by atoms with Crippen molar-refractivity contribution in [1.29, 1.82) is 0 Å². The summed E-state index contributed by atoms with van der Waals surface area (Å²) in [6.07, 6.45) is 1.38. The zero-order chi connectivity index (χ0) is 18.6. The van der Waals surface area contributed by atoms with Crippen LogP contribution < -0.4 is 10.2 Å². The second-order valence-corrected chi connectivity index (χ2v) is 9.53. The van der Waals surface area contributed by atoms with Crippen molar-refractivity contribution in [3.63, 3.8) is 0 Å². The van der Waals surface area contributed by atoms with Crippen LogP contribution in [0, 0.1) is 5.41 Å². The van der Waals surface area contributed by atoms with Crippen LogP contribution in [0.25, 0.3) is 0 Å². The van der Waals surface area contributed by atoms with Gasteiger partial charge in [0.15, 0.2) is 0 Å². The number of benzene rings is 1. The molecular weight excluding hydrogens is 375 g/mol. The number of amides is 1. The summed E-state index contributed by atoms with van der Waals surface area (Å²) in [6.45, 7) is 6.97. The Morgan fingerprint density at radius 3 is 2.48 bits per heavy atom. The fourth-order valence-electron chi connectivity index (χ4n) is 2.41. The predicted molar refractivity (Wildman–Crippen MR) is 110 cm³/mol. The fourth-order valence-corrected chi connectivity index (χ4v) is 3.71. The molecule has 2 aromatic rings. The Hall–Kier alpha value is -1.23. The van der Waals surface area contributed by atoms with Crippen molar-refractivity contribution in [1.82, 2.24) is 0 Å². The molecule has 0 unspecified atom stereocenters. The van der Waals surface area contributed by atoms with E-state index in [0.29, 0.717) is 17.1 Å². The lowest BCUT2D eigenvalue weighted by Gasteiger charge is -2.21. The predicted octanol–water partition coefficient (Wildman–Crippen LogP) is 6.11. The minimum Gasteiger partial charge on any atom is -0.374 e. The lowest BCUT2D eigenvalue weighted by molar-refractivity contribution is -0.117. The lowest BCUT2D eigenvalue weighted by atomic mass is 9.92. The van der Waals surface area contributed by atoms with E-state index in [1.165, 1.54) is 4.88 Å². The van der Waals surface area contributed by atoms with Gasteiger partial charge in [-0.25, -0.2) is 0 Å². The molecule has 136 valence electrons. The standard InChI is InChI=1S/C19H24Cl2N2OS/c1-19(2,3)12-18(24)22-16-7-5-13(11-15(16)20)23(4)10-9-14-6-8-17(21)25-14/h5-8,11H,9-10,12H2,1-4H3,(H,22,24). The summed E-state index contributed by atoms with van der Waals surface area (Å²) in [4.78, 5) is 15.5. The third-order valence-electron chi connectivity index (χ3n) is 3.68. The van der Waals surface area contributed by atoms with Crippen LogP contribution in [0.1, 0.15) is 32.1 Å². The minimum absolute atomic E-state index is 0.0231. The van der Waals surface area contributed by atoms with Crippen molar-refractivity contribution >= 4 is 51.8 Å². The van der Waals surface area contributed by atoms with Crippen molar-refractivity contribution in [2.45, 2.75) is 33.6 Å². The summed E-state index contributed by atoms with van der Waals surface area (Å²) in [5.41, 5.74) is 1.61. The van der Waals surface area contributed by atoms with E-state index in [1.54, 1.807) is 11.3 Å². The van der Waals surface area contributed by atoms with Gasteiger partial charge in [0.1, 0.15) is 0 Å². The number of carbonyl (C=O) groups is 1. The van der Waals surface area contributed by atoms with E-state index in [2.05, 4.69) is 16.3 Å². The Bertz CT molecular complexity index is 737. The highest BCUT2D eigenvalue weighted by molar-refractivity contribution is 7.16. The zero-order valence-corrected chi connectivity index (χ0v) is 17.4. The number of likely N-dealkylation sites (N-methyl/N-ethyl adjacent to an activating group) is 1. The van der Waals surface area contributed by atoms with Crippen molar-refractivity contribution in [3.05, 3.63) is 44.6 Å². The lowest BCUT2D eigenvalue weighted by Crippen LogP contribution is -2.21. The van der Waals surface area contributed by atoms with Crippen LogP contribution in [0.15, 0.2) is 30.3 Å². The van der Waals surface area contributed by atoms with Gasteiger partial charge in [0.25, 0.3) is 0 Å². The Morgan fingerprint density at radius 2 is 1.92 bits per heavy atom. The highest BCUT2D eigenvalue weighted by atomic mass is 35.5. The summed E-state index contributed by atoms with van der Waals surface area (Å²) in [6, 6.07) is 9.70. The first-order valence-corrected chi connectivity index (χ1v) is 9.76. The highest BCUT2D eigenvalue weighted by Crippen LogP contribution is 2.29. The van der Waals surface area contributed by atoms with Crippen molar-refractivity contribution in [2.75, 3.05) is 23.8 Å². The fraction of sp³-hybridized carbons (Fsp3) is 0.421. The molecule has 1 aromatic heterocycles. The van der Waals surface area contributed by atoms with Crippen molar-refractivity contribution < 1.29 is 4.79 Å². The second kappa shape index (κ2) is 8.43. The smallest absolute Gasteiger partial charge is 0.224 e. The number of anilines is 2. The van der Waals surface area contributed by atoms with Crippen LogP contribution in [0.4, 0.5) is 11.4 Å². The summed E-state index contributed by atoms with van der Waals surface area (Å²) >= 11 is 13.9. The van der Waals surface area contributed by atoms with Gasteiger partial charge in [-0.1, -0.05) is 44.0 Å². The molecule has 25 heavy (non-hydrogen) atoms. The molecule has 0 saturated heterocycles. The molecule has 0 radical (unpaired) electrons. The number of hydrogen-bond acceptors (Lipinski definition) is 3. The van der Waals surface area contributed by atoms with Crippen molar-refractivity contribution in [3.8, 4) is 0 Å². The van der Waals surface area contributed by atoms with Gasteiger partial charge in [-0.3, -0.25) is 4.79 Å². The molecule has 1 N–H and O–H groups in total. The molecule has 0 aliphatic heterocycles. The largest absolute Gasteiger partial charge is 0.374 e. The van der Waals surface area contributed by atoms with Gasteiger partial charge < -0.3 is 10.2 Å². The number of hydrogen-bond donors (Lipinski definition) is 1. The molecule has 1 amide bonds. The molecule has 0 bridgehead atoms. The van der Waals surface area contributed by atoms with Crippen LogP contribution >= 0.6 is 34.5 Å². The highest BCUT2D eigenvalue weighted by Gasteiger charge is 2.17. The molecule has 2 rings (SSSR count). The number of thiophene rings is 1. The summed E-state index contributed by atoms with van der Waals surface area (Å²) < 4.78 is 0.816. The van der Waals surface area contributed by atoms with Gasteiger partial charge in [-0.2, -0.15) is 0 Å². The topological polar surface area (TPSA) is 32.3 Å². The number of carbonyl (C=O) groups excluding carboxylic acids is 1. The van der Waals surface area contributed by atoms with Gasteiger partial charge in [0, 0.05) is 30.6 Å². The molecule has 1 heterocycles. The summed E-state index contributed by atoms with van der Waals surface area (Å²) in [5.74, 6) is -0.0231. The average Bonchev–Trinajstić information content (AvgIpc) is 2.90. The van der Waals surface area contributed by atoms with E-state index in [0.717, 1.165) is 23.0 Å². The molecular formula is C19H24Cl2N2OS. The van der Waals surface area contributed by atoms with Crippen LogP contribution in [0.2, 0.25) is 9.36 Å². The monoisotopic (exact) mass is 398 g/mol. The van der Waals surface area contributed by atoms with Crippen molar-refractivity contribution in [2.24, 2.45) is 5.41 Å². The van der Waals surface area contributed by atoms with Gasteiger partial charge in [0.05, 0.1) is 15.0 Å². The molecule has 1 aromatic carbocycles. The average molecular weight is 399 g/mol. The third-order valence-corrected chi connectivity index (χ3v) is 5.28. The van der Waals surface area contributed by atoms with Crippen LogP contribution in [-0.2, 0) is 11.2 Å². The van der Waals surface area contributed by atoms with E-state index < -0.39 is 0 Å². The number of nitrogens with zero attached hydrogens (tertiary/aromatic N) is 1. The normalized spacial score (nSPS) is 11.4. The van der Waals surface area contributed by atoms with Gasteiger partial charge >= 0.3 is 0 Å². The first-order valence-electron chi connectivity index (χ1n) is 8.19. The maximum absolute atomic E-state index is 12.1. The van der Waals surface area contributed by atoms with E-state index >= 15 is 0 Å². The zero-order valence-electron chi connectivity index (χ0n) is 15.0. The van der Waals surface area contributed by atoms with Gasteiger partial charge in [-0.15, -0.1) is 11.3 Å². The molecule has 0 atom stereocenters. The third kappa shape index (κ3) is 6.53. The number of halogens is 2. The molecule has 6 heteroatoms. The van der Waals surface area contributed by atoms with E-state index in [-0.39, 0.29) is 11.3 Å². The molecule has 0 aliphatic carbocycles. The maximum Gasteiger partial charge on any atom is 0.224 e. The maximum atomic E-state index is 12.1. The van der Waals surface area contributed by atoms with E-state index in [9.17, 15) is 4.79 Å². The number of nitrogens with one attached hydrogen (secondary N) is 1. The van der Waals surface area contributed by atoms with Crippen LogP contribution in [0.5, 0.6) is 0 Å². The molecule has 0 aliphatic rings. The second-order valence-electron chi connectivity index (χ2n) is 7.33. The molecule has 0 saturated carbocycles. The Balaban J connectivity index is 1.96. The number of rotatable bonds is 6. The quantitative estimate of drug-likeness (QED) is 0.636. The molecule has 3 nitrogen and oxygen atoms in total. The van der Waals surface area contributed by atoms with E-state index in [1.807, 2.05) is 52.1 Å². The van der Waals surface area contributed by atoms with Crippen LogP contribution in [-0.4, -0.2) is 19.5 Å². The van der Waals surface area contributed by atoms with Gasteiger partial charge in [0.2, 0.25) is 5.91 Å². The molecule has 0 fully saturated rings. The summed E-state index contributed by atoms with van der Waals surface area (Å²) in [7, 11) is 2.03. The Labute approximate surface area is 163 Å². The Kier molecular flexibility index (Phi) is 6.78. The first-order chi connectivity index (χ1) is 11.6. The SMILES string of the molecule is CN(CCc1ccc(Cl)s1)c1ccc(NC(=O)CC(C)(C)C)c(Cl)c1. The summed E-state index contributed by atoms with van der Waals surface area (Å²) in [5, 5.41) is 3.44.